The molecule has 1 unspecified atom stereocenters. The van der Waals surface area contributed by atoms with Crippen LogP contribution in [-0.4, -0.2) is 30.8 Å². The van der Waals surface area contributed by atoms with Crippen LogP contribution in [-0.2, 0) is 9.53 Å². The minimum atomic E-state index is -0.618. The second kappa shape index (κ2) is 7.63. The van der Waals surface area contributed by atoms with Gasteiger partial charge in [0.25, 0.3) is 0 Å². The van der Waals surface area contributed by atoms with Gasteiger partial charge in [-0.05, 0) is 32.1 Å². The molecule has 0 aliphatic carbocycles. The fourth-order valence-corrected chi connectivity index (χ4v) is 2.04. The molecule has 4 nitrogen and oxygen atoms in total. The van der Waals surface area contributed by atoms with E-state index in [1.807, 2.05) is 0 Å². The molecule has 0 amide bonds. The zero-order valence-corrected chi connectivity index (χ0v) is 10.7. The van der Waals surface area contributed by atoms with E-state index in [1.54, 1.807) is 6.92 Å². The molecule has 0 aromatic rings. The van der Waals surface area contributed by atoms with Crippen molar-refractivity contribution in [1.82, 2.24) is 0 Å². The maximum absolute atomic E-state index is 12.0. The van der Waals surface area contributed by atoms with E-state index in [9.17, 15) is 4.79 Å². The monoisotopic (exact) mass is 231 g/mol. The molecule has 0 spiro atoms. The predicted octanol–water partition coefficient (Wildman–Crippen LogP) is 1.31. The van der Waals surface area contributed by atoms with Gasteiger partial charge in [-0.1, -0.05) is 13.8 Å². The minimum Gasteiger partial charge on any atom is -0.466 e. The Morgan fingerprint density at radius 3 is 2.50 bits per heavy atom. The summed E-state index contributed by atoms with van der Waals surface area (Å²) in [4.78, 5) is 12.0. The SMILES string of the molecule is CCOC(=O)C(CN)(CCCO)CC(C)C. The van der Waals surface area contributed by atoms with E-state index in [-0.39, 0.29) is 19.1 Å². The summed E-state index contributed by atoms with van der Waals surface area (Å²) < 4.78 is 5.10. The Kier molecular flexibility index (Phi) is 7.34. The summed E-state index contributed by atoms with van der Waals surface area (Å²) in [7, 11) is 0. The van der Waals surface area contributed by atoms with Crippen molar-refractivity contribution in [1.29, 1.82) is 0 Å². The highest BCUT2D eigenvalue weighted by Crippen LogP contribution is 2.32. The van der Waals surface area contributed by atoms with Crippen molar-refractivity contribution >= 4 is 5.97 Å². The average molecular weight is 231 g/mol. The van der Waals surface area contributed by atoms with Crippen LogP contribution in [0.3, 0.4) is 0 Å². The third-order valence-corrected chi connectivity index (χ3v) is 2.71. The zero-order valence-electron chi connectivity index (χ0n) is 10.7. The summed E-state index contributed by atoms with van der Waals surface area (Å²) in [6, 6.07) is 0. The van der Waals surface area contributed by atoms with Gasteiger partial charge in [-0.25, -0.2) is 0 Å². The van der Waals surface area contributed by atoms with Crippen molar-refractivity contribution < 1.29 is 14.6 Å². The number of esters is 1. The fourth-order valence-electron chi connectivity index (χ4n) is 2.04. The van der Waals surface area contributed by atoms with Crippen LogP contribution >= 0.6 is 0 Å². The lowest BCUT2D eigenvalue weighted by Gasteiger charge is -2.31. The van der Waals surface area contributed by atoms with Gasteiger partial charge in [-0.2, -0.15) is 0 Å². The number of hydrogen-bond acceptors (Lipinski definition) is 4. The molecule has 4 heteroatoms. The lowest BCUT2D eigenvalue weighted by atomic mass is 9.76. The Labute approximate surface area is 98.2 Å². The van der Waals surface area contributed by atoms with Crippen LogP contribution in [0, 0.1) is 11.3 Å². The second-order valence-electron chi connectivity index (χ2n) is 4.63. The van der Waals surface area contributed by atoms with Gasteiger partial charge in [0.2, 0.25) is 0 Å². The summed E-state index contributed by atoms with van der Waals surface area (Å²) in [5.41, 5.74) is 5.13. The van der Waals surface area contributed by atoms with Crippen LogP contribution in [0.25, 0.3) is 0 Å². The molecule has 1 atom stereocenters. The molecule has 0 rings (SSSR count). The largest absolute Gasteiger partial charge is 0.466 e. The van der Waals surface area contributed by atoms with Crippen LogP contribution in [0.2, 0.25) is 0 Å². The molecular formula is C12H25NO3. The summed E-state index contributed by atoms with van der Waals surface area (Å²) in [6.07, 6.45) is 1.89. The summed E-state index contributed by atoms with van der Waals surface area (Å²) in [6.45, 7) is 6.65. The third-order valence-electron chi connectivity index (χ3n) is 2.71. The summed E-state index contributed by atoms with van der Waals surface area (Å²) >= 11 is 0. The van der Waals surface area contributed by atoms with Gasteiger partial charge < -0.3 is 15.6 Å². The number of carbonyl (C=O) groups excluding carboxylic acids is 1. The first-order valence-corrected chi connectivity index (χ1v) is 6.00. The Balaban J connectivity index is 4.71. The van der Waals surface area contributed by atoms with Crippen LogP contribution in [0.5, 0.6) is 0 Å². The van der Waals surface area contributed by atoms with E-state index in [0.29, 0.717) is 31.8 Å². The molecule has 0 saturated carbocycles. The number of ether oxygens (including phenoxy) is 1. The molecular weight excluding hydrogens is 206 g/mol. The summed E-state index contributed by atoms with van der Waals surface area (Å²) in [5, 5.41) is 8.88. The molecule has 3 N–H and O–H groups in total. The maximum Gasteiger partial charge on any atom is 0.313 e. The molecule has 0 saturated heterocycles. The third kappa shape index (κ3) is 4.49. The normalized spacial score (nSPS) is 14.9. The first kappa shape index (κ1) is 15.4. The molecule has 16 heavy (non-hydrogen) atoms. The smallest absolute Gasteiger partial charge is 0.313 e. The molecule has 0 aromatic carbocycles. The lowest BCUT2D eigenvalue weighted by Crippen LogP contribution is -2.41. The lowest BCUT2D eigenvalue weighted by molar-refractivity contribution is -0.156. The molecule has 0 radical (unpaired) electrons. The Morgan fingerprint density at radius 1 is 1.50 bits per heavy atom. The Bertz CT molecular complexity index is 206. The zero-order chi connectivity index (χ0) is 12.6. The van der Waals surface area contributed by atoms with Gasteiger partial charge in [0.1, 0.15) is 0 Å². The molecule has 0 aliphatic heterocycles. The van der Waals surface area contributed by atoms with Crippen molar-refractivity contribution in [2.75, 3.05) is 19.8 Å². The first-order chi connectivity index (χ1) is 7.52. The average Bonchev–Trinajstić information content (AvgIpc) is 2.24. The van der Waals surface area contributed by atoms with Gasteiger partial charge in [-0.15, -0.1) is 0 Å². The van der Waals surface area contributed by atoms with E-state index in [1.165, 1.54) is 0 Å². The molecule has 0 heterocycles. The molecule has 0 aromatic heterocycles. The van der Waals surface area contributed by atoms with Crippen LogP contribution in [0.1, 0.15) is 40.0 Å². The number of rotatable bonds is 8. The molecule has 0 fully saturated rings. The number of aliphatic hydroxyl groups excluding tert-OH is 1. The number of carbonyl (C=O) groups is 1. The first-order valence-electron chi connectivity index (χ1n) is 6.00. The van der Waals surface area contributed by atoms with Crippen molar-refractivity contribution in [3.8, 4) is 0 Å². The van der Waals surface area contributed by atoms with E-state index in [4.69, 9.17) is 15.6 Å². The highest BCUT2D eigenvalue weighted by molar-refractivity contribution is 5.77. The Morgan fingerprint density at radius 2 is 2.12 bits per heavy atom. The van der Waals surface area contributed by atoms with Crippen molar-refractivity contribution in [2.24, 2.45) is 17.1 Å². The molecule has 0 aliphatic rings. The Hall–Kier alpha value is -0.610. The van der Waals surface area contributed by atoms with Crippen molar-refractivity contribution in [3.63, 3.8) is 0 Å². The predicted molar refractivity (Wildman–Crippen MR) is 63.9 cm³/mol. The van der Waals surface area contributed by atoms with Gasteiger partial charge in [0.05, 0.1) is 12.0 Å². The topological polar surface area (TPSA) is 72.5 Å². The highest BCUT2D eigenvalue weighted by Gasteiger charge is 2.38. The second-order valence-corrected chi connectivity index (χ2v) is 4.63. The van der Waals surface area contributed by atoms with E-state index in [0.717, 1.165) is 0 Å². The molecule has 96 valence electrons. The van der Waals surface area contributed by atoms with Crippen molar-refractivity contribution in [2.45, 2.75) is 40.0 Å². The number of hydrogen-bond donors (Lipinski definition) is 2. The maximum atomic E-state index is 12.0. The van der Waals surface area contributed by atoms with Crippen LogP contribution in [0.4, 0.5) is 0 Å². The van der Waals surface area contributed by atoms with Crippen molar-refractivity contribution in [3.05, 3.63) is 0 Å². The van der Waals surface area contributed by atoms with E-state index < -0.39 is 5.41 Å². The molecule has 0 bridgehead atoms. The van der Waals surface area contributed by atoms with Crippen LogP contribution in [0.15, 0.2) is 0 Å². The standard InChI is InChI=1S/C12H25NO3/c1-4-16-11(15)12(9-13,6-5-7-14)8-10(2)3/h10,14H,4-9,13H2,1-3H3. The van der Waals surface area contributed by atoms with Crippen LogP contribution < -0.4 is 5.73 Å². The quantitative estimate of drug-likeness (QED) is 0.618. The minimum absolute atomic E-state index is 0.0826. The van der Waals surface area contributed by atoms with E-state index >= 15 is 0 Å². The van der Waals surface area contributed by atoms with Gasteiger partial charge >= 0.3 is 5.97 Å². The van der Waals surface area contributed by atoms with E-state index in [2.05, 4.69) is 13.8 Å². The fraction of sp³-hybridized carbons (Fsp3) is 0.917. The van der Waals surface area contributed by atoms with Gasteiger partial charge in [-0.3, -0.25) is 4.79 Å². The van der Waals surface area contributed by atoms with Gasteiger partial charge in [0.15, 0.2) is 0 Å². The number of nitrogens with two attached hydrogens (primary N) is 1. The van der Waals surface area contributed by atoms with Gasteiger partial charge in [0, 0.05) is 13.2 Å². The summed E-state index contributed by atoms with van der Waals surface area (Å²) in [5.74, 6) is 0.159. The highest BCUT2D eigenvalue weighted by atomic mass is 16.5. The number of aliphatic hydroxyl groups is 1.